The molecule has 0 bridgehead atoms. The third kappa shape index (κ3) is 2.86. The molecule has 2 aromatic rings. The molecule has 0 aliphatic heterocycles. The van der Waals surface area contributed by atoms with Crippen LogP contribution in [-0.2, 0) is 0 Å². The van der Waals surface area contributed by atoms with Crippen LogP contribution >= 0.6 is 12.4 Å². The molecule has 2 heterocycles. The Morgan fingerprint density at radius 2 is 2.29 bits per heavy atom. The Hall–Kier alpha value is -1.79. The molecule has 0 atom stereocenters. The van der Waals surface area contributed by atoms with Crippen molar-refractivity contribution in [2.24, 2.45) is 5.73 Å². The monoisotopic (exact) mass is 257 g/mol. The summed E-state index contributed by atoms with van der Waals surface area (Å²) < 4.78 is 10.2. The van der Waals surface area contributed by atoms with E-state index in [-0.39, 0.29) is 24.0 Å². The van der Waals surface area contributed by atoms with E-state index in [4.69, 9.17) is 14.6 Å². The zero-order chi connectivity index (χ0) is 11.4. The normalized spacial score (nSPS) is 9.71. The first-order chi connectivity index (χ1) is 7.83. The molecule has 0 aliphatic rings. The van der Waals surface area contributed by atoms with Gasteiger partial charge in [-0.1, -0.05) is 0 Å². The number of hydrogen-bond acceptors (Lipinski definition) is 5. The number of furan rings is 1. The second-order valence-corrected chi connectivity index (χ2v) is 3.05. The summed E-state index contributed by atoms with van der Waals surface area (Å²) in [6.07, 6.45) is 2.70. The maximum absolute atomic E-state index is 11.6. The van der Waals surface area contributed by atoms with E-state index in [9.17, 15) is 4.79 Å². The lowest BCUT2D eigenvalue weighted by Gasteiger charge is -2.00. The third-order valence-corrected chi connectivity index (χ3v) is 1.96. The van der Waals surface area contributed by atoms with Crippen molar-refractivity contribution in [2.45, 2.75) is 0 Å². The zero-order valence-corrected chi connectivity index (χ0v) is 9.70. The number of nitrogens with one attached hydrogen (secondary N) is 1. The highest BCUT2D eigenvalue weighted by Crippen LogP contribution is 2.23. The van der Waals surface area contributed by atoms with Gasteiger partial charge in [-0.3, -0.25) is 4.79 Å². The SMILES string of the molecule is Cl.NCCNC(=O)c1ncoc1-c1ccco1. The molecule has 0 aromatic carbocycles. The van der Waals surface area contributed by atoms with Gasteiger partial charge in [-0.2, -0.15) is 0 Å². The Bertz CT molecular complexity index is 467. The first kappa shape index (κ1) is 13.3. The van der Waals surface area contributed by atoms with Crippen molar-refractivity contribution in [2.75, 3.05) is 13.1 Å². The first-order valence-electron chi connectivity index (χ1n) is 4.78. The number of rotatable bonds is 4. The Balaban J connectivity index is 0.00000144. The van der Waals surface area contributed by atoms with Crippen LogP contribution < -0.4 is 11.1 Å². The van der Waals surface area contributed by atoms with Crippen molar-refractivity contribution < 1.29 is 13.6 Å². The molecule has 3 N–H and O–H groups in total. The van der Waals surface area contributed by atoms with Gasteiger partial charge in [0.05, 0.1) is 6.26 Å². The molecule has 17 heavy (non-hydrogen) atoms. The molecule has 1 amide bonds. The maximum atomic E-state index is 11.6. The largest absolute Gasteiger partial charge is 0.461 e. The molecule has 2 rings (SSSR count). The van der Waals surface area contributed by atoms with E-state index in [1.807, 2.05) is 0 Å². The Morgan fingerprint density at radius 1 is 1.47 bits per heavy atom. The Labute approximate surface area is 104 Å². The molecule has 0 radical (unpaired) electrons. The minimum Gasteiger partial charge on any atom is -0.461 e. The highest BCUT2D eigenvalue weighted by Gasteiger charge is 2.19. The molecule has 2 aromatic heterocycles. The minimum absolute atomic E-state index is 0. The van der Waals surface area contributed by atoms with Crippen LogP contribution in [0.4, 0.5) is 0 Å². The number of carbonyl (C=O) groups excluding carboxylic acids is 1. The van der Waals surface area contributed by atoms with E-state index in [1.54, 1.807) is 12.1 Å². The fourth-order valence-corrected chi connectivity index (χ4v) is 1.26. The summed E-state index contributed by atoms with van der Waals surface area (Å²) in [5.41, 5.74) is 5.48. The topological polar surface area (TPSA) is 94.3 Å². The van der Waals surface area contributed by atoms with Crippen molar-refractivity contribution in [3.63, 3.8) is 0 Å². The van der Waals surface area contributed by atoms with Crippen molar-refractivity contribution in [3.8, 4) is 11.5 Å². The highest BCUT2D eigenvalue weighted by atomic mass is 35.5. The summed E-state index contributed by atoms with van der Waals surface area (Å²) >= 11 is 0. The molecular weight excluding hydrogens is 246 g/mol. The quantitative estimate of drug-likeness (QED) is 0.854. The standard InChI is InChI=1S/C10H11N3O3.ClH/c11-3-4-12-10(14)8-9(16-6-13-8)7-2-1-5-15-7;/h1-2,5-6H,3-4,11H2,(H,12,14);1H. The predicted molar refractivity (Wildman–Crippen MR) is 62.8 cm³/mol. The molecule has 6 nitrogen and oxygen atoms in total. The summed E-state index contributed by atoms with van der Waals surface area (Å²) in [6.45, 7) is 0.767. The first-order valence-corrected chi connectivity index (χ1v) is 4.78. The summed E-state index contributed by atoms with van der Waals surface area (Å²) in [5, 5.41) is 2.61. The van der Waals surface area contributed by atoms with Crippen LogP contribution in [0, 0.1) is 0 Å². The van der Waals surface area contributed by atoms with Gasteiger partial charge in [0.15, 0.2) is 17.8 Å². The van der Waals surface area contributed by atoms with Gasteiger partial charge in [-0.05, 0) is 12.1 Å². The van der Waals surface area contributed by atoms with Crippen LogP contribution in [-0.4, -0.2) is 24.0 Å². The summed E-state index contributed by atoms with van der Waals surface area (Å²) in [7, 11) is 0. The predicted octanol–water partition coefficient (Wildman–Crippen LogP) is 1.04. The van der Waals surface area contributed by atoms with Gasteiger partial charge in [0.25, 0.3) is 5.91 Å². The Morgan fingerprint density at radius 3 is 2.94 bits per heavy atom. The maximum Gasteiger partial charge on any atom is 0.274 e. The van der Waals surface area contributed by atoms with Gasteiger partial charge >= 0.3 is 0 Å². The van der Waals surface area contributed by atoms with E-state index in [0.29, 0.717) is 24.6 Å². The van der Waals surface area contributed by atoms with E-state index < -0.39 is 0 Å². The van der Waals surface area contributed by atoms with Gasteiger partial charge in [0.2, 0.25) is 5.76 Å². The van der Waals surface area contributed by atoms with Crippen LogP contribution in [0.2, 0.25) is 0 Å². The van der Waals surface area contributed by atoms with E-state index in [0.717, 1.165) is 0 Å². The molecule has 0 spiro atoms. The second kappa shape index (κ2) is 6.07. The Kier molecular flexibility index (Phi) is 4.74. The van der Waals surface area contributed by atoms with Crippen LogP contribution in [0.15, 0.2) is 33.6 Å². The van der Waals surface area contributed by atoms with Crippen molar-refractivity contribution in [1.29, 1.82) is 0 Å². The van der Waals surface area contributed by atoms with Crippen LogP contribution in [0.3, 0.4) is 0 Å². The molecule has 7 heteroatoms. The molecule has 0 aliphatic carbocycles. The second-order valence-electron chi connectivity index (χ2n) is 3.05. The lowest BCUT2D eigenvalue weighted by Crippen LogP contribution is -2.29. The average Bonchev–Trinajstić information content (AvgIpc) is 2.94. The number of halogens is 1. The van der Waals surface area contributed by atoms with Crippen molar-refractivity contribution in [1.82, 2.24) is 10.3 Å². The zero-order valence-electron chi connectivity index (χ0n) is 8.88. The van der Waals surface area contributed by atoms with Crippen LogP contribution in [0.5, 0.6) is 0 Å². The van der Waals surface area contributed by atoms with E-state index >= 15 is 0 Å². The van der Waals surface area contributed by atoms with Crippen molar-refractivity contribution in [3.05, 3.63) is 30.5 Å². The number of hydrogen-bond donors (Lipinski definition) is 2. The van der Waals surface area contributed by atoms with Crippen molar-refractivity contribution >= 4 is 18.3 Å². The average molecular weight is 258 g/mol. The van der Waals surface area contributed by atoms with Gasteiger partial charge < -0.3 is 19.9 Å². The molecule has 92 valence electrons. The molecule has 0 saturated heterocycles. The van der Waals surface area contributed by atoms with Gasteiger partial charge in [0.1, 0.15) is 0 Å². The fourth-order valence-electron chi connectivity index (χ4n) is 1.26. The smallest absolute Gasteiger partial charge is 0.274 e. The van der Waals surface area contributed by atoms with Gasteiger partial charge in [-0.15, -0.1) is 12.4 Å². The fraction of sp³-hybridized carbons (Fsp3) is 0.200. The summed E-state index contributed by atoms with van der Waals surface area (Å²) in [5.74, 6) is 0.459. The van der Waals surface area contributed by atoms with E-state index in [2.05, 4.69) is 10.3 Å². The highest BCUT2D eigenvalue weighted by molar-refractivity contribution is 5.97. The molecule has 0 fully saturated rings. The number of nitrogens with zero attached hydrogens (tertiary/aromatic N) is 1. The lowest BCUT2D eigenvalue weighted by molar-refractivity contribution is 0.0950. The summed E-state index contributed by atoms with van der Waals surface area (Å²) in [6, 6.07) is 3.40. The number of oxazole rings is 1. The number of amides is 1. The van der Waals surface area contributed by atoms with Crippen LogP contribution in [0.1, 0.15) is 10.5 Å². The lowest BCUT2D eigenvalue weighted by atomic mass is 10.2. The van der Waals surface area contributed by atoms with Crippen LogP contribution in [0.25, 0.3) is 11.5 Å². The molecular formula is C10H12ClN3O3. The molecule has 0 unspecified atom stereocenters. The van der Waals surface area contributed by atoms with Gasteiger partial charge in [-0.25, -0.2) is 4.98 Å². The van der Waals surface area contributed by atoms with Gasteiger partial charge in [0, 0.05) is 13.1 Å². The van der Waals surface area contributed by atoms with E-state index in [1.165, 1.54) is 12.7 Å². The number of carbonyl (C=O) groups is 1. The number of nitrogens with two attached hydrogens (primary N) is 1. The summed E-state index contributed by atoms with van der Waals surface area (Å²) in [4.78, 5) is 15.5. The number of aromatic nitrogens is 1. The minimum atomic E-state index is -0.328. The third-order valence-electron chi connectivity index (χ3n) is 1.96. The molecule has 0 saturated carbocycles.